The quantitative estimate of drug-likeness (QED) is 0.670. The average Bonchev–Trinajstić information content (AvgIpc) is 2.46. The van der Waals surface area contributed by atoms with Gasteiger partial charge < -0.3 is 0 Å². The minimum absolute atomic E-state index is 0.555. The van der Waals surface area contributed by atoms with Crippen LogP contribution in [-0.4, -0.2) is 33.6 Å². The maximum absolute atomic E-state index is 4.66. The number of hydrogen-bond acceptors (Lipinski definition) is 2. The van der Waals surface area contributed by atoms with Gasteiger partial charge in [0.1, 0.15) is 0 Å². The van der Waals surface area contributed by atoms with Gasteiger partial charge in [-0.2, -0.15) is 0 Å². The van der Waals surface area contributed by atoms with E-state index >= 15 is 0 Å². The van der Waals surface area contributed by atoms with E-state index in [-0.39, 0.29) is 0 Å². The minimum atomic E-state index is 0.555. The third kappa shape index (κ3) is 1.44. The maximum atomic E-state index is 4.66. The van der Waals surface area contributed by atoms with Crippen LogP contribution in [-0.2, 0) is 12.8 Å². The molecular weight excluding hydrogens is 215 g/mol. The van der Waals surface area contributed by atoms with Gasteiger partial charge in [0.2, 0.25) is 0 Å². The summed E-state index contributed by atoms with van der Waals surface area (Å²) in [6.45, 7) is 0. The molecule has 0 unspecified atom stereocenters. The molecule has 2 nitrogen and oxygen atoms in total. The second-order valence-corrected chi connectivity index (χ2v) is 5.70. The van der Waals surface area contributed by atoms with Gasteiger partial charge in [-0.15, -0.1) is 0 Å². The summed E-state index contributed by atoms with van der Waals surface area (Å²) >= 11 is 0.555. The van der Waals surface area contributed by atoms with Crippen molar-refractivity contribution in [2.24, 2.45) is 0 Å². The Hall–Kier alpha value is -0.271. The Morgan fingerprint density at radius 1 is 1.25 bits per heavy atom. The molecule has 0 saturated heterocycles. The summed E-state index contributed by atoms with van der Waals surface area (Å²) in [5.74, 6) is 0. The molecule has 0 saturated carbocycles. The molecule has 1 aromatic rings. The van der Waals surface area contributed by atoms with Gasteiger partial charge in [0.25, 0.3) is 0 Å². The zero-order valence-corrected chi connectivity index (χ0v) is 9.34. The number of fused-ring (bicyclic) bond motifs is 1. The van der Waals surface area contributed by atoms with E-state index in [1.54, 1.807) is 4.44 Å². The molecule has 3 heteroatoms. The Morgan fingerprint density at radius 2 is 2.00 bits per heavy atom. The number of anilines is 1. The molecule has 2 rings (SSSR count). The normalized spacial score (nSPS) is 15.8. The Bertz CT molecular complexity index is 255. The second kappa shape index (κ2) is 3.23. The molecule has 0 aromatic carbocycles. The fourth-order valence-electron chi connectivity index (χ4n) is 1.53. The van der Waals surface area contributed by atoms with Crippen LogP contribution in [0.2, 0.25) is 0 Å². The molecule has 0 amide bonds. The Morgan fingerprint density at radius 3 is 2.67 bits per heavy atom. The van der Waals surface area contributed by atoms with Gasteiger partial charge in [0.15, 0.2) is 0 Å². The molecule has 0 N–H and O–H groups in total. The second-order valence-electron chi connectivity index (χ2n) is 3.47. The first-order valence-electron chi connectivity index (χ1n) is 4.43. The van der Waals surface area contributed by atoms with E-state index in [9.17, 15) is 0 Å². The van der Waals surface area contributed by atoms with Gasteiger partial charge in [0.05, 0.1) is 0 Å². The first-order chi connectivity index (χ1) is 5.77. The van der Waals surface area contributed by atoms with E-state index < -0.39 is 0 Å². The van der Waals surface area contributed by atoms with Crippen molar-refractivity contribution in [1.29, 1.82) is 0 Å². The molecule has 0 spiro atoms. The predicted molar refractivity (Wildman–Crippen MR) is 52.1 cm³/mol. The van der Waals surface area contributed by atoms with Gasteiger partial charge in [0, 0.05) is 0 Å². The Kier molecular flexibility index (Phi) is 2.24. The molecule has 12 heavy (non-hydrogen) atoms. The molecule has 0 radical (unpaired) electrons. The molecule has 66 valence electrons. The van der Waals surface area contributed by atoms with E-state index in [2.05, 4.69) is 24.0 Å². The van der Waals surface area contributed by atoms with E-state index in [1.165, 1.54) is 36.1 Å². The van der Waals surface area contributed by atoms with E-state index in [4.69, 9.17) is 0 Å². The standard InChI is InChI=1S/C9H14N2Se/c1-11(2)9-10-7-5-3-4-6-8(7)12-9/h3-6H2,1-2H3. The zero-order valence-electron chi connectivity index (χ0n) is 7.63. The van der Waals surface area contributed by atoms with Crippen LogP contribution in [0.15, 0.2) is 0 Å². The van der Waals surface area contributed by atoms with Crippen molar-refractivity contribution >= 4 is 19.2 Å². The summed E-state index contributed by atoms with van der Waals surface area (Å²) in [4.78, 5) is 6.82. The first-order valence-corrected chi connectivity index (χ1v) is 6.14. The SMILES string of the molecule is CN(C)c1nc2c([se]1)CCCC2. The average molecular weight is 229 g/mol. The number of rotatable bonds is 1. The fraction of sp³-hybridized carbons (Fsp3) is 0.667. The molecule has 0 atom stereocenters. The number of nitrogens with zero attached hydrogens (tertiary/aromatic N) is 2. The Labute approximate surface area is 79.4 Å². The molecule has 1 heterocycles. The van der Waals surface area contributed by atoms with Crippen LogP contribution in [0.1, 0.15) is 23.0 Å². The summed E-state index contributed by atoms with van der Waals surface area (Å²) in [6, 6.07) is 0. The van der Waals surface area contributed by atoms with Crippen LogP contribution in [0, 0.1) is 0 Å². The molecule has 0 aliphatic heterocycles. The van der Waals surface area contributed by atoms with Crippen molar-refractivity contribution in [3.8, 4) is 0 Å². The topological polar surface area (TPSA) is 16.1 Å². The number of hydrogen-bond donors (Lipinski definition) is 0. The van der Waals surface area contributed by atoms with Gasteiger partial charge in [-0.05, 0) is 0 Å². The predicted octanol–water partition coefficient (Wildman–Crippen LogP) is 1.08. The fourth-order valence-corrected chi connectivity index (χ4v) is 3.78. The number of aryl methyl sites for hydroxylation is 2. The molecule has 1 aliphatic rings. The summed E-state index contributed by atoms with van der Waals surface area (Å²) < 4.78 is 2.98. The zero-order chi connectivity index (χ0) is 8.55. The van der Waals surface area contributed by atoms with Crippen LogP contribution in [0.25, 0.3) is 0 Å². The summed E-state index contributed by atoms with van der Waals surface area (Å²) in [7, 11) is 4.19. The van der Waals surface area contributed by atoms with E-state index in [0.29, 0.717) is 14.5 Å². The van der Waals surface area contributed by atoms with Crippen LogP contribution < -0.4 is 4.90 Å². The third-order valence-electron chi connectivity index (χ3n) is 2.22. The van der Waals surface area contributed by atoms with Crippen LogP contribution in [0.4, 0.5) is 4.69 Å². The summed E-state index contributed by atoms with van der Waals surface area (Å²) in [5, 5.41) is 0. The van der Waals surface area contributed by atoms with Gasteiger partial charge in [-0.3, -0.25) is 0 Å². The van der Waals surface area contributed by atoms with Gasteiger partial charge in [-0.1, -0.05) is 0 Å². The van der Waals surface area contributed by atoms with Crippen molar-refractivity contribution in [1.82, 2.24) is 4.98 Å². The van der Waals surface area contributed by atoms with Crippen molar-refractivity contribution in [3.63, 3.8) is 0 Å². The monoisotopic (exact) mass is 230 g/mol. The number of aromatic nitrogens is 1. The molecule has 1 aliphatic carbocycles. The van der Waals surface area contributed by atoms with E-state index in [1.807, 2.05) is 0 Å². The van der Waals surface area contributed by atoms with Crippen LogP contribution in [0.5, 0.6) is 0 Å². The van der Waals surface area contributed by atoms with Crippen molar-refractivity contribution in [2.75, 3.05) is 19.0 Å². The van der Waals surface area contributed by atoms with Gasteiger partial charge in [-0.25, -0.2) is 0 Å². The summed E-state index contributed by atoms with van der Waals surface area (Å²) in [6.07, 6.45) is 5.28. The van der Waals surface area contributed by atoms with Crippen LogP contribution in [0.3, 0.4) is 0 Å². The molecule has 0 bridgehead atoms. The van der Waals surface area contributed by atoms with E-state index in [0.717, 1.165) is 0 Å². The molecular formula is C9H14N2Se. The van der Waals surface area contributed by atoms with Crippen molar-refractivity contribution in [2.45, 2.75) is 25.7 Å². The molecule has 1 aromatic heterocycles. The molecule has 0 fully saturated rings. The van der Waals surface area contributed by atoms with Gasteiger partial charge >= 0.3 is 79.0 Å². The summed E-state index contributed by atoms with van der Waals surface area (Å²) in [5.41, 5.74) is 1.42. The van der Waals surface area contributed by atoms with Crippen LogP contribution >= 0.6 is 0 Å². The van der Waals surface area contributed by atoms with Crippen molar-refractivity contribution < 1.29 is 0 Å². The Balaban J connectivity index is 2.32. The third-order valence-corrected chi connectivity index (χ3v) is 5.00. The first kappa shape index (κ1) is 8.33. The van der Waals surface area contributed by atoms with Crippen molar-refractivity contribution in [3.05, 3.63) is 10.1 Å².